The van der Waals surface area contributed by atoms with E-state index >= 15 is 0 Å². The highest BCUT2D eigenvalue weighted by Gasteiger charge is 2.16. The van der Waals surface area contributed by atoms with Crippen LogP contribution in [0.3, 0.4) is 0 Å². The molecule has 0 unspecified atom stereocenters. The van der Waals surface area contributed by atoms with Gasteiger partial charge in [0.2, 0.25) is 5.91 Å². The zero-order valence-corrected chi connectivity index (χ0v) is 12.8. The Morgan fingerprint density at radius 3 is 2.86 bits per heavy atom. The van der Waals surface area contributed by atoms with Crippen LogP contribution in [0.5, 0.6) is 0 Å². The first kappa shape index (κ1) is 15.2. The van der Waals surface area contributed by atoms with Gasteiger partial charge in [-0.25, -0.2) is 0 Å². The second-order valence-corrected chi connectivity index (χ2v) is 6.00. The standard InChI is InChI=1S/C14H18N4O2S/c1-8(2)18-11(19)4-6-17-14(20)13-12(15)9-3-5-16-7-10(9)21-13/h3,5,7-8H,4,6,15H2,1-2H3,(H,17,20)(H,18,19). The molecule has 0 aliphatic rings. The molecule has 0 bridgehead atoms. The zero-order valence-electron chi connectivity index (χ0n) is 12.0. The number of pyridine rings is 1. The summed E-state index contributed by atoms with van der Waals surface area (Å²) in [5.74, 6) is -0.343. The van der Waals surface area contributed by atoms with Crippen molar-refractivity contribution >= 4 is 38.9 Å². The number of hydrogen-bond donors (Lipinski definition) is 3. The number of thiophene rings is 1. The largest absolute Gasteiger partial charge is 0.397 e. The Hall–Kier alpha value is -2.15. The summed E-state index contributed by atoms with van der Waals surface area (Å²) in [7, 11) is 0. The molecule has 0 spiro atoms. The van der Waals surface area contributed by atoms with Crippen molar-refractivity contribution in [2.45, 2.75) is 26.3 Å². The van der Waals surface area contributed by atoms with Crippen molar-refractivity contribution in [1.82, 2.24) is 15.6 Å². The zero-order chi connectivity index (χ0) is 15.4. The van der Waals surface area contributed by atoms with Gasteiger partial charge in [-0.05, 0) is 19.9 Å². The molecule has 2 amide bonds. The molecule has 7 heteroatoms. The smallest absolute Gasteiger partial charge is 0.263 e. The van der Waals surface area contributed by atoms with Crippen LogP contribution >= 0.6 is 11.3 Å². The number of amides is 2. The van der Waals surface area contributed by atoms with Gasteiger partial charge in [-0.15, -0.1) is 11.3 Å². The number of nitrogens with one attached hydrogen (secondary N) is 2. The summed E-state index contributed by atoms with van der Waals surface area (Å²) in [6.45, 7) is 4.06. The fraction of sp³-hybridized carbons (Fsp3) is 0.357. The Balaban J connectivity index is 1.96. The molecule has 0 radical (unpaired) electrons. The van der Waals surface area contributed by atoms with Crippen LogP contribution in [0.4, 0.5) is 5.69 Å². The van der Waals surface area contributed by atoms with Crippen LogP contribution in [0.25, 0.3) is 10.1 Å². The maximum absolute atomic E-state index is 12.1. The summed E-state index contributed by atoms with van der Waals surface area (Å²) < 4.78 is 0.873. The van der Waals surface area contributed by atoms with E-state index in [0.29, 0.717) is 10.6 Å². The molecular formula is C14H18N4O2S. The average Bonchev–Trinajstić information content (AvgIpc) is 2.76. The van der Waals surface area contributed by atoms with Gasteiger partial charge in [0.25, 0.3) is 5.91 Å². The van der Waals surface area contributed by atoms with Gasteiger partial charge < -0.3 is 16.4 Å². The number of hydrogen-bond acceptors (Lipinski definition) is 5. The molecule has 21 heavy (non-hydrogen) atoms. The van der Waals surface area contributed by atoms with E-state index < -0.39 is 0 Å². The predicted molar refractivity (Wildman–Crippen MR) is 84.3 cm³/mol. The Bertz CT molecular complexity index is 666. The average molecular weight is 306 g/mol. The lowest BCUT2D eigenvalue weighted by atomic mass is 10.2. The van der Waals surface area contributed by atoms with E-state index in [4.69, 9.17) is 5.73 Å². The highest BCUT2D eigenvalue weighted by Crippen LogP contribution is 2.32. The van der Waals surface area contributed by atoms with Gasteiger partial charge in [-0.1, -0.05) is 0 Å². The Labute approximate surface area is 126 Å². The van der Waals surface area contributed by atoms with Crippen molar-refractivity contribution in [3.8, 4) is 0 Å². The summed E-state index contributed by atoms with van der Waals surface area (Å²) in [5, 5.41) is 6.31. The number of carbonyl (C=O) groups is 2. The quantitative estimate of drug-likeness (QED) is 0.780. The highest BCUT2D eigenvalue weighted by molar-refractivity contribution is 7.21. The van der Waals surface area contributed by atoms with Gasteiger partial charge in [-0.2, -0.15) is 0 Å². The summed E-state index contributed by atoms with van der Waals surface area (Å²) in [6.07, 6.45) is 3.57. The molecule has 6 nitrogen and oxygen atoms in total. The van der Waals surface area contributed by atoms with Gasteiger partial charge in [-0.3, -0.25) is 14.6 Å². The molecule has 4 N–H and O–H groups in total. The van der Waals surface area contributed by atoms with E-state index in [1.54, 1.807) is 18.5 Å². The van der Waals surface area contributed by atoms with E-state index in [9.17, 15) is 9.59 Å². The van der Waals surface area contributed by atoms with Crippen LogP contribution in [0.2, 0.25) is 0 Å². The van der Waals surface area contributed by atoms with Crippen LogP contribution in [0.1, 0.15) is 29.9 Å². The van der Waals surface area contributed by atoms with Crippen LogP contribution in [-0.2, 0) is 4.79 Å². The molecule has 0 aromatic carbocycles. The molecule has 0 aliphatic carbocycles. The minimum Gasteiger partial charge on any atom is -0.397 e. The van der Waals surface area contributed by atoms with E-state index in [2.05, 4.69) is 15.6 Å². The maximum atomic E-state index is 12.1. The van der Waals surface area contributed by atoms with Gasteiger partial charge in [0, 0.05) is 36.8 Å². The van der Waals surface area contributed by atoms with Crippen LogP contribution in [-0.4, -0.2) is 29.4 Å². The number of rotatable bonds is 5. The third-order valence-corrected chi connectivity index (χ3v) is 3.98. The van der Waals surface area contributed by atoms with E-state index in [1.807, 2.05) is 13.8 Å². The van der Waals surface area contributed by atoms with E-state index in [0.717, 1.165) is 10.1 Å². The normalized spacial score (nSPS) is 10.8. The first-order valence-corrected chi connectivity index (χ1v) is 7.50. The van der Waals surface area contributed by atoms with Crippen molar-refractivity contribution in [2.75, 3.05) is 12.3 Å². The van der Waals surface area contributed by atoms with Crippen molar-refractivity contribution in [3.05, 3.63) is 23.3 Å². The third kappa shape index (κ3) is 3.69. The molecule has 2 aromatic rings. The topological polar surface area (TPSA) is 97.1 Å². The molecule has 2 aromatic heterocycles. The van der Waals surface area contributed by atoms with Crippen LogP contribution in [0, 0.1) is 0 Å². The molecule has 0 saturated carbocycles. The molecule has 0 aliphatic heterocycles. The molecule has 112 valence electrons. The van der Waals surface area contributed by atoms with Gasteiger partial charge in [0.05, 0.1) is 10.4 Å². The van der Waals surface area contributed by atoms with Crippen molar-refractivity contribution in [1.29, 1.82) is 0 Å². The monoisotopic (exact) mass is 306 g/mol. The number of nitrogen functional groups attached to an aromatic ring is 1. The minimum absolute atomic E-state index is 0.0844. The van der Waals surface area contributed by atoms with E-state index in [-0.39, 0.29) is 30.8 Å². The molecular weight excluding hydrogens is 288 g/mol. The number of nitrogens with zero attached hydrogens (tertiary/aromatic N) is 1. The summed E-state index contributed by atoms with van der Waals surface area (Å²) in [6, 6.07) is 1.88. The first-order valence-electron chi connectivity index (χ1n) is 6.68. The van der Waals surface area contributed by atoms with Crippen molar-refractivity contribution < 1.29 is 9.59 Å². The lowest BCUT2D eigenvalue weighted by Gasteiger charge is -2.08. The highest BCUT2D eigenvalue weighted by atomic mass is 32.1. The van der Waals surface area contributed by atoms with Crippen LogP contribution < -0.4 is 16.4 Å². The minimum atomic E-state index is -0.258. The summed E-state index contributed by atoms with van der Waals surface area (Å²) in [5.41, 5.74) is 6.44. The second-order valence-electron chi connectivity index (χ2n) is 4.94. The van der Waals surface area contributed by atoms with Gasteiger partial charge >= 0.3 is 0 Å². The number of carbonyl (C=O) groups excluding carboxylic acids is 2. The Morgan fingerprint density at radius 2 is 2.19 bits per heavy atom. The molecule has 0 atom stereocenters. The summed E-state index contributed by atoms with van der Waals surface area (Å²) >= 11 is 1.30. The number of nitrogens with two attached hydrogens (primary N) is 1. The molecule has 2 heterocycles. The Morgan fingerprint density at radius 1 is 1.43 bits per heavy atom. The number of fused-ring (bicyclic) bond motifs is 1. The van der Waals surface area contributed by atoms with Crippen LogP contribution in [0.15, 0.2) is 18.5 Å². The lowest BCUT2D eigenvalue weighted by Crippen LogP contribution is -2.34. The number of anilines is 1. The van der Waals surface area contributed by atoms with Gasteiger partial charge in [0.15, 0.2) is 0 Å². The van der Waals surface area contributed by atoms with Gasteiger partial charge in [0.1, 0.15) is 4.88 Å². The fourth-order valence-corrected chi connectivity index (χ4v) is 2.91. The summed E-state index contributed by atoms with van der Waals surface area (Å²) in [4.78, 5) is 28.1. The SMILES string of the molecule is CC(C)NC(=O)CCNC(=O)c1sc2cnccc2c1N. The molecule has 0 saturated heterocycles. The Kier molecular flexibility index (Phi) is 4.74. The second kappa shape index (κ2) is 6.53. The molecule has 0 fully saturated rings. The first-order chi connectivity index (χ1) is 9.99. The maximum Gasteiger partial charge on any atom is 0.263 e. The molecule has 2 rings (SSSR count). The number of aromatic nitrogens is 1. The van der Waals surface area contributed by atoms with Crippen molar-refractivity contribution in [2.24, 2.45) is 0 Å². The lowest BCUT2D eigenvalue weighted by molar-refractivity contribution is -0.121. The predicted octanol–water partition coefficient (Wildman–Crippen LogP) is 1.52. The van der Waals surface area contributed by atoms with E-state index in [1.165, 1.54) is 11.3 Å². The fourth-order valence-electron chi connectivity index (χ4n) is 1.90. The third-order valence-electron chi connectivity index (χ3n) is 2.82. The van der Waals surface area contributed by atoms with Crippen molar-refractivity contribution in [3.63, 3.8) is 0 Å².